The number of carbonyl (C=O) groups excluding carboxylic acids is 1. The van der Waals surface area contributed by atoms with Gasteiger partial charge in [0.15, 0.2) is 5.69 Å². The Morgan fingerprint density at radius 2 is 1.89 bits per heavy atom. The van der Waals surface area contributed by atoms with Crippen LogP contribution in [0.4, 0.5) is 17.6 Å². The van der Waals surface area contributed by atoms with Gasteiger partial charge in [0.2, 0.25) is 0 Å². The third-order valence-corrected chi connectivity index (χ3v) is 4.83. The first-order chi connectivity index (χ1) is 13.3. The summed E-state index contributed by atoms with van der Waals surface area (Å²) in [5, 5.41) is 3.59. The second kappa shape index (κ2) is 6.84. The van der Waals surface area contributed by atoms with E-state index in [0.29, 0.717) is 30.4 Å². The first kappa shape index (κ1) is 18.3. The van der Waals surface area contributed by atoms with Crippen molar-refractivity contribution in [2.45, 2.75) is 24.9 Å². The van der Waals surface area contributed by atoms with E-state index in [-0.39, 0.29) is 28.9 Å². The molecule has 1 aliphatic heterocycles. The molecule has 0 N–H and O–H groups in total. The average Bonchev–Trinajstić information content (AvgIpc) is 3.14. The summed E-state index contributed by atoms with van der Waals surface area (Å²) < 4.78 is 54.0. The van der Waals surface area contributed by atoms with Gasteiger partial charge in [-0.2, -0.15) is 27.8 Å². The molecule has 1 aromatic carbocycles. The van der Waals surface area contributed by atoms with Gasteiger partial charge in [-0.15, -0.1) is 0 Å². The van der Waals surface area contributed by atoms with Crippen LogP contribution in [0.15, 0.2) is 36.7 Å². The number of fused-ring (bicyclic) bond motifs is 1. The molecule has 1 saturated heterocycles. The van der Waals surface area contributed by atoms with E-state index in [2.05, 4.69) is 15.1 Å². The fourth-order valence-electron chi connectivity index (χ4n) is 3.42. The predicted octanol–water partition coefficient (Wildman–Crippen LogP) is 3.30. The lowest BCUT2D eigenvalue weighted by atomic mass is 9.92. The van der Waals surface area contributed by atoms with E-state index in [0.717, 1.165) is 12.4 Å². The van der Waals surface area contributed by atoms with Crippen LogP contribution in [0.5, 0.6) is 0 Å². The van der Waals surface area contributed by atoms with Crippen molar-refractivity contribution in [2.24, 2.45) is 0 Å². The van der Waals surface area contributed by atoms with E-state index in [1.807, 2.05) is 0 Å². The maximum Gasteiger partial charge on any atom is 0.433 e. The molecule has 0 spiro atoms. The van der Waals surface area contributed by atoms with Gasteiger partial charge in [0.25, 0.3) is 11.7 Å². The third-order valence-electron chi connectivity index (χ3n) is 4.83. The van der Waals surface area contributed by atoms with E-state index in [9.17, 15) is 22.4 Å². The molecule has 0 radical (unpaired) electrons. The zero-order valence-electron chi connectivity index (χ0n) is 14.5. The van der Waals surface area contributed by atoms with Crippen molar-refractivity contribution in [2.75, 3.05) is 13.1 Å². The Hall–Kier alpha value is -3.04. The Morgan fingerprint density at radius 1 is 1.14 bits per heavy atom. The number of halogens is 4. The Labute approximate surface area is 156 Å². The van der Waals surface area contributed by atoms with Crippen molar-refractivity contribution in [1.82, 2.24) is 24.5 Å². The van der Waals surface area contributed by atoms with Crippen molar-refractivity contribution in [1.29, 1.82) is 0 Å². The minimum absolute atomic E-state index is 0.108. The number of rotatable bonds is 2. The number of amides is 1. The summed E-state index contributed by atoms with van der Waals surface area (Å²) in [6.07, 6.45) is -2.65. The van der Waals surface area contributed by atoms with Gasteiger partial charge in [0.1, 0.15) is 12.1 Å². The molecule has 1 fully saturated rings. The molecule has 28 heavy (non-hydrogen) atoms. The van der Waals surface area contributed by atoms with Crippen molar-refractivity contribution < 1.29 is 22.4 Å². The number of hydrogen-bond acceptors (Lipinski definition) is 4. The lowest BCUT2D eigenvalue weighted by molar-refractivity contribution is -0.142. The topological polar surface area (TPSA) is 63.4 Å². The Bertz CT molecular complexity index is 1020. The number of nitrogens with zero attached hydrogens (tertiary/aromatic N) is 5. The van der Waals surface area contributed by atoms with Crippen molar-refractivity contribution in [3.8, 4) is 0 Å². The standard InChI is InChI=1S/C18H15F4N5O/c19-13-3-1-2-12(8-13)16(28)26-6-4-11(5-7-26)14-9-15(18(20,21)22)27-17(25-14)23-10-24-27/h1-3,8-11H,4-7H2. The number of carbonyl (C=O) groups is 1. The largest absolute Gasteiger partial charge is 0.433 e. The molecule has 1 amide bonds. The molecule has 0 saturated carbocycles. The van der Waals surface area contributed by atoms with Gasteiger partial charge in [0.05, 0.1) is 0 Å². The number of alkyl halides is 3. The van der Waals surface area contributed by atoms with Gasteiger partial charge in [0, 0.05) is 30.3 Å². The van der Waals surface area contributed by atoms with Crippen LogP contribution in [0.3, 0.4) is 0 Å². The predicted molar refractivity (Wildman–Crippen MR) is 90.1 cm³/mol. The zero-order valence-corrected chi connectivity index (χ0v) is 14.5. The Balaban J connectivity index is 1.53. The van der Waals surface area contributed by atoms with Crippen molar-refractivity contribution in [3.05, 3.63) is 59.4 Å². The highest BCUT2D eigenvalue weighted by atomic mass is 19.4. The number of piperidine rings is 1. The van der Waals surface area contributed by atoms with Crippen LogP contribution in [-0.4, -0.2) is 43.5 Å². The van der Waals surface area contributed by atoms with Gasteiger partial charge in [-0.1, -0.05) is 6.07 Å². The van der Waals surface area contributed by atoms with Crippen LogP contribution in [0.2, 0.25) is 0 Å². The number of likely N-dealkylation sites (tertiary alicyclic amines) is 1. The van der Waals surface area contributed by atoms with Crippen LogP contribution in [0, 0.1) is 5.82 Å². The Morgan fingerprint density at radius 3 is 2.57 bits per heavy atom. The molecule has 0 bridgehead atoms. The van der Waals surface area contributed by atoms with Crippen molar-refractivity contribution >= 4 is 11.7 Å². The first-order valence-electron chi connectivity index (χ1n) is 8.65. The quantitative estimate of drug-likeness (QED) is 0.627. The molecule has 1 aliphatic rings. The van der Waals surface area contributed by atoms with E-state index in [4.69, 9.17) is 0 Å². The highest BCUT2D eigenvalue weighted by molar-refractivity contribution is 5.94. The maximum absolute atomic E-state index is 13.3. The molecule has 0 unspecified atom stereocenters. The van der Waals surface area contributed by atoms with E-state index < -0.39 is 17.7 Å². The summed E-state index contributed by atoms with van der Waals surface area (Å²) in [5.41, 5.74) is -0.394. The van der Waals surface area contributed by atoms with Crippen LogP contribution in [-0.2, 0) is 6.18 Å². The van der Waals surface area contributed by atoms with Gasteiger partial charge >= 0.3 is 6.18 Å². The Kier molecular flexibility index (Phi) is 4.48. The summed E-state index contributed by atoms with van der Waals surface area (Å²) in [4.78, 5) is 22.1. The molecular weight excluding hydrogens is 378 g/mol. The van der Waals surface area contributed by atoms with E-state index in [1.54, 1.807) is 4.90 Å². The molecule has 2 aromatic heterocycles. The summed E-state index contributed by atoms with van der Waals surface area (Å²) >= 11 is 0. The molecule has 3 heterocycles. The fourth-order valence-corrected chi connectivity index (χ4v) is 3.42. The van der Waals surface area contributed by atoms with Gasteiger partial charge in [-0.25, -0.2) is 9.37 Å². The summed E-state index contributed by atoms with van der Waals surface area (Å²) in [6.45, 7) is 0.696. The molecule has 146 valence electrons. The number of benzene rings is 1. The minimum Gasteiger partial charge on any atom is -0.339 e. The lowest BCUT2D eigenvalue weighted by Crippen LogP contribution is -2.38. The summed E-state index contributed by atoms with van der Waals surface area (Å²) in [5.74, 6) is -1.14. The highest BCUT2D eigenvalue weighted by Gasteiger charge is 2.36. The summed E-state index contributed by atoms with van der Waals surface area (Å²) in [7, 11) is 0. The molecular formula is C18H15F4N5O. The van der Waals surface area contributed by atoms with Crippen LogP contribution >= 0.6 is 0 Å². The first-order valence-corrected chi connectivity index (χ1v) is 8.65. The van der Waals surface area contributed by atoms with Crippen LogP contribution < -0.4 is 0 Å². The molecule has 0 aliphatic carbocycles. The monoisotopic (exact) mass is 393 g/mol. The second-order valence-corrected chi connectivity index (χ2v) is 6.61. The maximum atomic E-state index is 13.3. The van der Waals surface area contributed by atoms with Crippen molar-refractivity contribution in [3.63, 3.8) is 0 Å². The van der Waals surface area contributed by atoms with Gasteiger partial charge in [-0.05, 0) is 37.1 Å². The second-order valence-electron chi connectivity index (χ2n) is 6.61. The van der Waals surface area contributed by atoms with E-state index in [1.165, 1.54) is 24.3 Å². The molecule has 3 aromatic rings. The fraction of sp³-hybridized carbons (Fsp3) is 0.333. The minimum atomic E-state index is -4.59. The molecule has 6 nitrogen and oxygen atoms in total. The zero-order chi connectivity index (χ0) is 19.9. The number of aromatic nitrogens is 4. The highest BCUT2D eigenvalue weighted by Crippen LogP contribution is 2.33. The average molecular weight is 393 g/mol. The molecule has 0 atom stereocenters. The number of hydrogen-bond donors (Lipinski definition) is 0. The van der Waals surface area contributed by atoms with E-state index >= 15 is 0 Å². The van der Waals surface area contributed by atoms with Gasteiger partial charge < -0.3 is 4.90 Å². The normalized spacial score (nSPS) is 15.9. The van der Waals surface area contributed by atoms with Crippen LogP contribution in [0.25, 0.3) is 5.78 Å². The third kappa shape index (κ3) is 3.41. The molecule has 10 heteroatoms. The lowest BCUT2D eigenvalue weighted by Gasteiger charge is -2.32. The van der Waals surface area contributed by atoms with Crippen LogP contribution in [0.1, 0.15) is 40.5 Å². The summed E-state index contributed by atoms with van der Waals surface area (Å²) in [6, 6.07) is 6.42. The van der Waals surface area contributed by atoms with Gasteiger partial charge in [-0.3, -0.25) is 4.79 Å². The molecule has 4 rings (SSSR count). The SMILES string of the molecule is O=C(c1cccc(F)c1)N1CCC(c2cc(C(F)(F)F)n3ncnc3n2)CC1. The smallest absolute Gasteiger partial charge is 0.339 e.